The van der Waals surface area contributed by atoms with Crippen LogP contribution in [-0.2, 0) is 13.0 Å². The number of hydrogen-bond acceptors (Lipinski definition) is 6. The van der Waals surface area contributed by atoms with Gasteiger partial charge in [-0.1, -0.05) is 6.92 Å². The number of piperidine rings is 1. The average molecular weight is 602 g/mol. The van der Waals surface area contributed by atoms with Gasteiger partial charge in [-0.25, -0.2) is 4.79 Å². The van der Waals surface area contributed by atoms with Crippen molar-refractivity contribution in [3.63, 3.8) is 0 Å². The van der Waals surface area contributed by atoms with Crippen LogP contribution < -0.4 is 21.1 Å². The molecule has 0 spiro atoms. The fraction of sp³-hybridized carbons (Fsp3) is 0.517. The SMILES string of the molecule is CCCN(C)Cc1cc(C(=O)NCCN2CCC(N3CCc4cc(OC)ccc4NC3=O)CC2)cc(Br)c1N. The third kappa shape index (κ3) is 7.43. The normalized spacial score (nSPS) is 16.5. The van der Waals surface area contributed by atoms with Gasteiger partial charge < -0.3 is 35.8 Å². The molecule has 0 aliphatic carbocycles. The molecule has 2 aromatic rings. The van der Waals surface area contributed by atoms with E-state index in [-0.39, 0.29) is 18.0 Å². The highest BCUT2D eigenvalue weighted by atomic mass is 79.9. The van der Waals surface area contributed by atoms with Gasteiger partial charge in [-0.05, 0) is 96.7 Å². The van der Waals surface area contributed by atoms with E-state index in [9.17, 15) is 9.59 Å². The highest BCUT2D eigenvalue weighted by molar-refractivity contribution is 9.10. The van der Waals surface area contributed by atoms with Crippen molar-refractivity contribution in [2.24, 2.45) is 0 Å². The molecule has 2 heterocycles. The summed E-state index contributed by atoms with van der Waals surface area (Å²) in [4.78, 5) is 32.4. The number of rotatable bonds is 10. The minimum atomic E-state index is -0.0950. The second kappa shape index (κ2) is 13.5. The molecule has 10 heteroatoms. The number of nitrogen functional groups attached to an aromatic ring is 1. The molecule has 0 saturated carbocycles. The van der Waals surface area contributed by atoms with Crippen LogP contribution in [0.25, 0.3) is 0 Å². The summed E-state index contributed by atoms with van der Waals surface area (Å²) >= 11 is 3.52. The van der Waals surface area contributed by atoms with E-state index < -0.39 is 0 Å². The van der Waals surface area contributed by atoms with Crippen molar-refractivity contribution >= 4 is 39.2 Å². The van der Waals surface area contributed by atoms with Gasteiger partial charge in [0.1, 0.15) is 5.75 Å². The van der Waals surface area contributed by atoms with E-state index >= 15 is 0 Å². The summed E-state index contributed by atoms with van der Waals surface area (Å²) in [6.07, 6.45) is 3.70. The lowest BCUT2D eigenvalue weighted by Gasteiger charge is -2.38. The first-order valence-electron chi connectivity index (χ1n) is 13.8. The van der Waals surface area contributed by atoms with E-state index in [0.717, 1.165) is 78.9 Å². The van der Waals surface area contributed by atoms with E-state index in [1.165, 1.54) is 0 Å². The van der Waals surface area contributed by atoms with Crippen molar-refractivity contribution < 1.29 is 14.3 Å². The minimum Gasteiger partial charge on any atom is -0.497 e. The molecule has 212 valence electrons. The van der Waals surface area contributed by atoms with Gasteiger partial charge >= 0.3 is 6.03 Å². The van der Waals surface area contributed by atoms with E-state index in [2.05, 4.69) is 50.3 Å². The van der Waals surface area contributed by atoms with E-state index in [1.54, 1.807) is 13.2 Å². The molecule has 4 rings (SSSR count). The maximum absolute atomic E-state index is 13.0. The van der Waals surface area contributed by atoms with Crippen molar-refractivity contribution in [2.45, 2.75) is 45.2 Å². The summed E-state index contributed by atoms with van der Waals surface area (Å²) in [6.45, 7) is 7.64. The number of fused-ring (bicyclic) bond motifs is 1. The average Bonchev–Trinajstić information content (AvgIpc) is 3.09. The highest BCUT2D eigenvalue weighted by Crippen LogP contribution is 2.28. The first-order valence-corrected chi connectivity index (χ1v) is 14.6. The number of hydrogen-bond donors (Lipinski definition) is 3. The van der Waals surface area contributed by atoms with E-state index in [1.807, 2.05) is 29.2 Å². The fourth-order valence-corrected chi connectivity index (χ4v) is 5.98. The van der Waals surface area contributed by atoms with E-state index in [0.29, 0.717) is 30.9 Å². The van der Waals surface area contributed by atoms with Crippen molar-refractivity contribution in [2.75, 3.05) is 64.5 Å². The minimum absolute atomic E-state index is 0.0282. The Morgan fingerprint density at radius 1 is 1.23 bits per heavy atom. The van der Waals surface area contributed by atoms with Crippen LogP contribution in [0.3, 0.4) is 0 Å². The van der Waals surface area contributed by atoms with Gasteiger partial charge in [0, 0.05) is 61.0 Å². The number of amides is 3. The van der Waals surface area contributed by atoms with Crippen LogP contribution in [0.15, 0.2) is 34.8 Å². The van der Waals surface area contributed by atoms with Crippen LogP contribution in [0.1, 0.15) is 47.7 Å². The van der Waals surface area contributed by atoms with Gasteiger partial charge in [-0.15, -0.1) is 0 Å². The summed E-state index contributed by atoms with van der Waals surface area (Å²) in [5, 5.41) is 6.15. The number of nitrogens with two attached hydrogens (primary N) is 1. The summed E-state index contributed by atoms with van der Waals surface area (Å²) < 4.78 is 6.09. The lowest BCUT2D eigenvalue weighted by Crippen LogP contribution is -2.49. The summed E-state index contributed by atoms with van der Waals surface area (Å²) in [5.41, 5.74) is 10.5. The summed E-state index contributed by atoms with van der Waals surface area (Å²) in [7, 11) is 3.71. The second-order valence-electron chi connectivity index (χ2n) is 10.5. The molecule has 0 aromatic heterocycles. The first-order chi connectivity index (χ1) is 18.8. The Bertz CT molecular complexity index is 1170. The Morgan fingerprint density at radius 2 is 2.00 bits per heavy atom. The van der Waals surface area contributed by atoms with Crippen molar-refractivity contribution in [3.05, 3.63) is 51.5 Å². The molecular formula is C29H41BrN6O3. The number of anilines is 2. The molecule has 2 aliphatic rings. The van der Waals surface area contributed by atoms with Crippen LogP contribution >= 0.6 is 15.9 Å². The zero-order valence-electron chi connectivity index (χ0n) is 23.3. The highest BCUT2D eigenvalue weighted by Gasteiger charge is 2.30. The van der Waals surface area contributed by atoms with Crippen LogP contribution in [0.5, 0.6) is 5.75 Å². The van der Waals surface area contributed by atoms with Gasteiger partial charge in [-0.2, -0.15) is 0 Å². The molecule has 2 aromatic carbocycles. The summed E-state index contributed by atoms with van der Waals surface area (Å²) in [5.74, 6) is 0.711. The number of carbonyl (C=O) groups excluding carboxylic acids is 2. The molecule has 1 saturated heterocycles. The zero-order chi connectivity index (χ0) is 27.9. The molecule has 0 atom stereocenters. The topological polar surface area (TPSA) is 103 Å². The molecule has 0 radical (unpaired) electrons. The van der Waals surface area contributed by atoms with Crippen LogP contribution in [0.2, 0.25) is 0 Å². The predicted octanol–water partition coefficient (Wildman–Crippen LogP) is 4.17. The molecule has 0 bridgehead atoms. The maximum atomic E-state index is 13.0. The summed E-state index contributed by atoms with van der Waals surface area (Å²) in [6, 6.07) is 9.67. The number of ether oxygens (including phenoxy) is 1. The Hall–Kier alpha value is -2.82. The Kier molecular flexibility index (Phi) is 10.1. The largest absolute Gasteiger partial charge is 0.497 e. The Labute approximate surface area is 240 Å². The fourth-order valence-electron chi connectivity index (χ4n) is 5.48. The van der Waals surface area contributed by atoms with Crippen molar-refractivity contribution in [1.82, 2.24) is 20.0 Å². The molecule has 4 N–H and O–H groups in total. The number of benzene rings is 2. The number of urea groups is 1. The Morgan fingerprint density at radius 3 is 2.72 bits per heavy atom. The van der Waals surface area contributed by atoms with Crippen LogP contribution in [0, 0.1) is 0 Å². The van der Waals surface area contributed by atoms with Crippen molar-refractivity contribution in [3.8, 4) is 5.75 Å². The lowest BCUT2D eigenvalue weighted by atomic mass is 10.0. The van der Waals surface area contributed by atoms with Crippen molar-refractivity contribution in [1.29, 1.82) is 0 Å². The van der Waals surface area contributed by atoms with Crippen LogP contribution in [0.4, 0.5) is 16.2 Å². The second-order valence-corrected chi connectivity index (χ2v) is 11.3. The van der Waals surface area contributed by atoms with Gasteiger partial charge in [0.25, 0.3) is 5.91 Å². The molecular weight excluding hydrogens is 560 g/mol. The number of likely N-dealkylation sites (tertiary alicyclic amines) is 1. The van der Waals surface area contributed by atoms with Crippen LogP contribution in [-0.4, -0.2) is 86.1 Å². The van der Waals surface area contributed by atoms with Gasteiger partial charge in [0.2, 0.25) is 0 Å². The number of carbonyl (C=O) groups is 2. The lowest BCUT2D eigenvalue weighted by molar-refractivity contribution is 0.0937. The molecule has 1 fully saturated rings. The van der Waals surface area contributed by atoms with E-state index in [4.69, 9.17) is 10.5 Å². The standard InChI is InChI=1S/C29H41BrN6O3/c1-4-11-34(2)19-22-16-21(18-25(30)27(22)31)28(37)32-10-15-35-12-8-23(9-13-35)36-14-7-20-17-24(39-3)5-6-26(20)33-29(36)38/h5-6,16-18,23H,4,7-15,19,31H2,1-3H3,(H,32,37)(H,33,38). The number of nitrogens with zero attached hydrogens (tertiary/aromatic N) is 3. The third-order valence-electron chi connectivity index (χ3n) is 7.67. The molecule has 39 heavy (non-hydrogen) atoms. The smallest absolute Gasteiger partial charge is 0.322 e. The predicted molar refractivity (Wildman–Crippen MR) is 159 cm³/mol. The monoisotopic (exact) mass is 600 g/mol. The van der Waals surface area contributed by atoms with Gasteiger partial charge in [0.05, 0.1) is 12.8 Å². The molecule has 9 nitrogen and oxygen atoms in total. The molecule has 3 amide bonds. The Balaban J connectivity index is 1.24. The third-order valence-corrected chi connectivity index (χ3v) is 8.33. The number of nitrogens with one attached hydrogen (secondary N) is 2. The zero-order valence-corrected chi connectivity index (χ0v) is 24.8. The molecule has 0 unspecified atom stereocenters. The maximum Gasteiger partial charge on any atom is 0.322 e. The first kappa shape index (κ1) is 29.2. The number of methoxy groups -OCH3 is 1. The van der Waals surface area contributed by atoms with Gasteiger partial charge in [-0.3, -0.25) is 4.79 Å². The quantitative estimate of drug-likeness (QED) is 0.354. The van der Waals surface area contributed by atoms with Gasteiger partial charge in [0.15, 0.2) is 0 Å². The molecule has 2 aliphatic heterocycles. The number of halogens is 1.